The highest BCUT2D eigenvalue weighted by atomic mass is 16.6. The normalized spacial score (nSPS) is 17.1. The van der Waals surface area contributed by atoms with Gasteiger partial charge in [0.15, 0.2) is 0 Å². The number of nitrogens with zero attached hydrogens (tertiary/aromatic N) is 1. The van der Waals surface area contributed by atoms with E-state index in [0.717, 1.165) is 11.6 Å². The Labute approximate surface area is 132 Å². The number of nitrogens with one attached hydrogen (secondary N) is 2. The van der Waals surface area contributed by atoms with Gasteiger partial charge in [0, 0.05) is 6.04 Å². The van der Waals surface area contributed by atoms with Gasteiger partial charge in [0.2, 0.25) is 0 Å². The molecular formula is C17H27N3O2. The van der Waals surface area contributed by atoms with Crippen molar-refractivity contribution in [3.63, 3.8) is 0 Å². The van der Waals surface area contributed by atoms with E-state index < -0.39 is 11.7 Å². The quantitative estimate of drug-likeness (QED) is 0.864. The van der Waals surface area contributed by atoms with E-state index in [4.69, 9.17) is 4.74 Å². The SMILES string of the molecule is CC(Nc1ccc(NC(=O)OC(C)(C)C)nc1)C1CCCC1. The lowest BCUT2D eigenvalue weighted by Gasteiger charge is -2.21. The molecule has 1 aliphatic rings. The van der Waals surface area contributed by atoms with Crippen molar-refractivity contribution in [1.29, 1.82) is 0 Å². The van der Waals surface area contributed by atoms with E-state index in [1.807, 2.05) is 26.8 Å². The minimum Gasteiger partial charge on any atom is -0.444 e. The largest absolute Gasteiger partial charge is 0.444 e. The van der Waals surface area contributed by atoms with Crippen LogP contribution in [0.4, 0.5) is 16.3 Å². The summed E-state index contributed by atoms with van der Waals surface area (Å²) < 4.78 is 5.20. The minimum absolute atomic E-state index is 0.453. The van der Waals surface area contributed by atoms with Crippen LogP contribution in [0, 0.1) is 5.92 Å². The molecule has 5 nitrogen and oxygen atoms in total. The number of rotatable bonds is 4. The summed E-state index contributed by atoms with van der Waals surface area (Å²) in [6.45, 7) is 7.72. The topological polar surface area (TPSA) is 63.2 Å². The maximum atomic E-state index is 11.7. The molecule has 122 valence electrons. The Bertz CT molecular complexity index is 488. The fourth-order valence-corrected chi connectivity index (χ4v) is 2.80. The molecule has 22 heavy (non-hydrogen) atoms. The van der Waals surface area contributed by atoms with Gasteiger partial charge in [0.25, 0.3) is 0 Å². The summed E-state index contributed by atoms with van der Waals surface area (Å²) in [5, 5.41) is 6.13. The zero-order valence-corrected chi connectivity index (χ0v) is 14.0. The van der Waals surface area contributed by atoms with E-state index in [1.165, 1.54) is 25.7 Å². The number of hydrogen-bond donors (Lipinski definition) is 2. The molecule has 1 amide bonds. The maximum absolute atomic E-state index is 11.7. The van der Waals surface area contributed by atoms with E-state index in [1.54, 1.807) is 12.3 Å². The van der Waals surface area contributed by atoms with Crippen LogP contribution in [0.2, 0.25) is 0 Å². The Morgan fingerprint density at radius 3 is 2.55 bits per heavy atom. The van der Waals surface area contributed by atoms with Gasteiger partial charge in [-0.25, -0.2) is 9.78 Å². The van der Waals surface area contributed by atoms with E-state index in [9.17, 15) is 4.79 Å². The highest BCUT2D eigenvalue weighted by molar-refractivity contribution is 5.83. The molecule has 1 aliphatic carbocycles. The molecule has 1 unspecified atom stereocenters. The lowest BCUT2D eigenvalue weighted by atomic mass is 10.00. The van der Waals surface area contributed by atoms with Gasteiger partial charge in [-0.15, -0.1) is 0 Å². The Morgan fingerprint density at radius 1 is 1.32 bits per heavy atom. The molecule has 1 fully saturated rings. The summed E-state index contributed by atoms with van der Waals surface area (Å²) >= 11 is 0. The van der Waals surface area contributed by atoms with Crippen LogP contribution in [-0.2, 0) is 4.74 Å². The Balaban J connectivity index is 1.86. The van der Waals surface area contributed by atoms with Crippen molar-refractivity contribution in [3.05, 3.63) is 18.3 Å². The Hall–Kier alpha value is -1.78. The van der Waals surface area contributed by atoms with Crippen LogP contribution in [-0.4, -0.2) is 22.7 Å². The van der Waals surface area contributed by atoms with Crippen molar-refractivity contribution >= 4 is 17.6 Å². The number of aromatic nitrogens is 1. The van der Waals surface area contributed by atoms with Crippen LogP contribution in [0.5, 0.6) is 0 Å². The number of anilines is 2. The van der Waals surface area contributed by atoms with E-state index >= 15 is 0 Å². The van der Waals surface area contributed by atoms with Crippen molar-refractivity contribution in [2.24, 2.45) is 5.92 Å². The monoisotopic (exact) mass is 305 g/mol. The molecule has 0 spiro atoms. The van der Waals surface area contributed by atoms with Gasteiger partial charge >= 0.3 is 6.09 Å². The molecule has 5 heteroatoms. The van der Waals surface area contributed by atoms with E-state index in [2.05, 4.69) is 22.5 Å². The van der Waals surface area contributed by atoms with E-state index in [-0.39, 0.29) is 0 Å². The molecule has 2 rings (SSSR count). The second-order valence-electron chi connectivity index (χ2n) is 7.04. The van der Waals surface area contributed by atoms with Crippen molar-refractivity contribution in [3.8, 4) is 0 Å². The molecule has 1 atom stereocenters. The number of ether oxygens (including phenoxy) is 1. The lowest BCUT2D eigenvalue weighted by molar-refractivity contribution is 0.0635. The molecule has 1 aromatic heterocycles. The highest BCUT2D eigenvalue weighted by Gasteiger charge is 2.21. The van der Waals surface area contributed by atoms with E-state index in [0.29, 0.717) is 11.9 Å². The maximum Gasteiger partial charge on any atom is 0.413 e. The number of amides is 1. The van der Waals surface area contributed by atoms with Gasteiger partial charge in [-0.3, -0.25) is 5.32 Å². The fraction of sp³-hybridized carbons (Fsp3) is 0.647. The van der Waals surface area contributed by atoms with Crippen molar-refractivity contribution in [1.82, 2.24) is 4.98 Å². The average Bonchev–Trinajstić information content (AvgIpc) is 2.92. The first-order valence-corrected chi connectivity index (χ1v) is 8.06. The van der Waals surface area contributed by atoms with Gasteiger partial charge in [-0.1, -0.05) is 12.8 Å². The van der Waals surface area contributed by atoms with Crippen molar-refractivity contribution in [2.45, 2.75) is 65.0 Å². The van der Waals surface area contributed by atoms with Crippen LogP contribution in [0.25, 0.3) is 0 Å². The highest BCUT2D eigenvalue weighted by Crippen LogP contribution is 2.29. The van der Waals surface area contributed by atoms with Gasteiger partial charge in [-0.2, -0.15) is 0 Å². The molecule has 0 radical (unpaired) electrons. The van der Waals surface area contributed by atoms with Gasteiger partial charge in [-0.05, 0) is 58.6 Å². The average molecular weight is 305 g/mol. The first-order chi connectivity index (χ1) is 10.3. The molecule has 1 saturated carbocycles. The minimum atomic E-state index is -0.512. The molecule has 0 aromatic carbocycles. The third kappa shape index (κ3) is 5.20. The summed E-state index contributed by atoms with van der Waals surface area (Å²) in [6.07, 6.45) is 6.55. The van der Waals surface area contributed by atoms with Gasteiger partial charge in [0.1, 0.15) is 11.4 Å². The van der Waals surface area contributed by atoms with Crippen LogP contribution < -0.4 is 10.6 Å². The Morgan fingerprint density at radius 2 is 2.00 bits per heavy atom. The van der Waals surface area contributed by atoms with Crippen LogP contribution in [0.15, 0.2) is 18.3 Å². The van der Waals surface area contributed by atoms with Crippen molar-refractivity contribution in [2.75, 3.05) is 10.6 Å². The molecule has 1 aromatic rings. The predicted molar refractivity (Wildman–Crippen MR) is 89.1 cm³/mol. The molecule has 2 N–H and O–H groups in total. The van der Waals surface area contributed by atoms with Crippen LogP contribution in [0.3, 0.4) is 0 Å². The summed E-state index contributed by atoms with van der Waals surface area (Å²) in [6, 6.07) is 4.17. The zero-order chi connectivity index (χ0) is 16.2. The number of hydrogen-bond acceptors (Lipinski definition) is 4. The standard InChI is InChI=1S/C17H27N3O2/c1-12(13-7-5-6-8-13)19-14-9-10-15(18-11-14)20-16(21)22-17(2,3)4/h9-13,19H,5-8H2,1-4H3,(H,18,20,21). The third-order valence-electron chi connectivity index (χ3n) is 3.89. The summed E-state index contributed by atoms with van der Waals surface area (Å²) in [4.78, 5) is 15.9. The second-order valence-corrected chi connectivity index (χ2v) is 7.04. The fourth-order valence-electron chi connectivity index (χ4n) is 2.80. The molecule has 0 aliphatic heterocycles. The Kier molecular flexibility index (Phi) is 5.27. The summed E-state index contributed by atoms with van der Waals surface area (Å²) in [5.41, 5.74) is 0.469. The summed E-state index contributed by atoms with van der Waals surface area (Å²) in [7, 11) is 0. The van der Waals surface area contributed by atoms with Crippen LogP contribution in [0.1, 0.15) is 53.4 Å². The third-order valence-corrected chi connectivity index (χ3v) is 3.89. The smallest absolute Gasteiger partial charge is 0.413 e. The number of pyridine rings is 1. The number of carbonyl (C=O) groups is 1. The molecule has 0 saturated heterocycles. The predicted octanol–water partition coefficient (Wildman–Crippen LogP) is 4.42. The zero-order valence-electron chi connectivity index (χ0n) is 14.0. The molecule has 0 bridgehead atoms. The van der Waals surface area contributed by atoms with Crippen molar-refractivity contribution < 1.29 is 9.53 Å². The van der Waals surface area contributed by atoms with Gasteiger partial charge < -0.3 is 10.1 Å². The number of carbonyl (C=O) groups excluding carboxylic acids is 1. The van der Waals surface area contributed by atoms with Gasteiger partial charge in [0.05, 0.1) is 11.9 Å². The van der Waals surface area contributed by atoms with Crippen LogP contribution >= 0.6 is 0 Å². The first-order valence-electron chi connectivity index (χ1n) is 8.06. The first kappa shape index (κ1) is 16.6. The lowest BCUT2D eigenvalue weighted by Crippen LogP contribution is -2.27. The molecular weight excluding hydrogens is 278 g/mol. The second kappa shape index (κ2) is 6.99. The molecule has 1 heterocycles. The summed E-state index contributed by atoms with van der Waals surface area (Å²) in [5.74, 6) is 1.24.